The fourth-order valence-electron chi connectivity index (χ4n) is 1.83. The highest BCUT2D eigenvalue weighted by atomic mass is 35.5. The number of aliphatic hydroxyl groups is 1. The summed E-state index contributed by atoms with van der Waals surface area (Å²) in [6.07, 6.45) is 1.51. The molecule has 1 aromatic carbocycles. The van der Waals surface area contributed by atoms with Crippen molar-refractivity contribution in [2.75, 3.05) is 0 Å². The number of benzene rings is 1. The van der Waals surface area contributed by atoms with Crippen molar-refractivity contribution in [3.63, 3.8) is 0 Å². The molecule has 112 valence electrons. The predicted octanol–water partition coefficient (Wildman–Crippen LogP) is 1.41. The van der Waals surface area contributed by atoms with Crippen LogP contribution in [0.3, 0.4) is 0 Å². The zero-order chi connectivity index (χ0) is 15.5. The highest BCUT2D eigenvalue weighted by Gasteiger charge is 2.19. The number of hydrogen-bond donors (Lipinski definition) is 2. The SMILES string of the molecule is Cc1c(CO)cc(Cl)cc1S(=O)(=O)NCc1cccnn1. The lowest BCUT2D eigenvalue weighted by Crippen LogP contribution is -2.25. The zero-order valence-electron chi connectivity index (χ0n) is 11.2. The molecule has 21 heavy (non-hydrogen) atoms. The van der Waals surface area contributed by atoms with E-state index in [1.807, 2.05) is 0 Å². The van der Waals surface area contributed by atoms with Crippen molar-refractivity contribution in [3.05, 3.63) is 52.3 Å². The molecule has 2 aromatic rings. The van der Waals surface area contributed by atoms with Gasteiger partial charge in [-0.3, -0.25) is 0 Å². The Morgan fingerprint density at radius 1 is 1.38 bits per heavy atom. The van der Waals surface area contributed by atoms with E-state index in [2.05, 4.69) is 14.9 Å². The largest absolute Gasteiger partial charge is 0.392 e. The van der Waals surface area contributed by atoms with Gasteiger partial charge in [-0.15, -0.1) is 0 Å². The lowest BCUT2D eigenvalue weighted by atomic mass is 10.1. The van der Waals surface area contributed by atoms with Gasteiger partial charge >= 0.3 is 0 Å². The Morgan fingerprint density at radius 2 is 2.14 bits per heavy atom. The van der Waals surface area contributed by atoms with E-state index >= 15 is 0 Å². The van der Waals surface area contributed by atoms with Crippen molar-refractivity contribution >= 4 is 21.6 Å². The Hall–Kier alpha value is -1.54. The molecule has 1 heterocycles. The minimum absolute atomic E-state index is 0.0244. The normalized spacial score (nSPS) is 11.6. The first-order valence-electron chi connectivity index (χ1n) is 6.10. The summed E-state index contributed by atoms with van der Waals surface area (Å²) < 4.78 is 27.1. The van der Waals surface area contributed by atoms with Crippen LogP contribution in [-0.2, 0) is 23.2 Å². The lowest BCUT2D eigenvalue weighted by molar-refractivity contribution is 0.280. The second-order valence-electron chi connectivity index (χ2n) is 4.39. The number of aromatic nitrogens is 2. The summed E-state index contributed by atoms with van der Waals surface area (Å²) in [5.41, 5.74) is 1.44. The molecule has 8 heteroatoms. The zero-order valence-corrected chi connectivity index (χ0v) is 12.8. The van der Waals surface area contributed by atoms with Crippen LogP contribution in [-0.4, -0.2) is 23.7 Å². The number of aliphatic hydroxyl groups excluding tert-OH is 1. The summed E-state index contributed by atoms with van der Waals surface area (Å²) in [6, 6.07) is 6.23. The summed E-state index contributed by atoms with van der Waals surface area (Å²) >= 11 is 5.90. The van der Waals surface area contributed by atoms with E-state index in [4.69, 9.17) is 11.6 Å². The summed E-state index contributed by atoms with van der Waals surface area (Å²) in [5, 5.41) is 17.0. The maximum absolute atomic E-state index is 12.3. The quantitative estimate of drug-likeness (QED) is 0.866. The third-order valence-electron chi connectivity index (χ3n) is 2.96. The molecule has 0 amide bonds. The first-order chi connectivity index (χ1) is 9.94. The van der Waals surface area contributed by atoms with E-state index in [0.29, 0.717) is 16.8 Å². The Balaban J connectivity index is 2.30. The van der Waals surface area contributed by atoms with Gasteiger partial charge in [0.05, 0.1) is 23.7 Å². The number of rotatable bonds is 5. The number of nitrogens with one attached hydrogen (secondary N) is 1. The number of sulfonamides is 1. The average Bonchev–Trinajstić information content (AvgIpc) is 2.48. The van der Waals surface area contributed by atoms with Crippen LogP contribution in [0.15, 0.2) is 35.4 Å². The van der Waals surface area contributed by atoms with E-state index in [9.17, 15) is 13.5 Å². The first kappa shape index (κ1) is 15.8. The summed E-state index contributed by atoms with van der Waals surface area (Å²) in [4.78, 5) is 0.0444. The van der Waals surface area contributed by atoms with Gasteiger partial charge in [-0.05, 0) is 42.3 Å². The Morgan fingerprint density at radius 3 is 2.76 bits per heavy atom. The van der Waals surface area contributed by atoms with Crippen LogP contribution >= 0.6 is 11.6 Å². The fraction of sp³-hybridized carbons (Fsp3) is 0.231. The van der Waals surface area contributed by atoms with Gasteiger partial charge in [-0.25, -0.2) is 13.1 Å². The molecule has 0 saturated heterocycles. The van der Waals surface area contributed by atoms with Crippen molar-refractivity contribution in [1.29, 1.82) is 0 Å². The summed E-state index contributed by atoms with van der Waals surface area (Å²) in [5.74, 6) is 0. The molecule has 2 N–H and O–H groups in total. The monoisotopic (exact) mass is 327 g/mol. The molecule has 6 nitrogen and oxygen atoms in total. The lowest BCUT2D eigenvalue weighted by Gasteiger charge is -2.12. The molecule has 0 bridgehead atoms. The average molecular weight is 328 g/mol. The van der Waals surface area contributed by atoms with Crippen LogP contribution < -0.4 is 4.72 Å². The predicted molar refractivity (Wildman–Crippen MR) is 78.2 cm³/mol. The van der Waals surface area contributed by atoms with Crippen LogP contribution in [0.4, 0.5) is 0 Å². The Bertz CT molecular complexity index is 736. The second kappa shape index (κ2) is 6.48. The van der Waals surface area contributed by atoms with Crippen LogP contribution in [0.1, 0.15) is 16.8 Å². The fourth-order valence-corrected chi connectivity index (χ4v) is 3.44. The number of nitrogens with zero attached hydrogens (tertiary/aromatic N) is 2. The Labute approximate surface area is 127 Å². The molecule has 0 spiro atoms. The molecule has 0 aliphatic heterocycles. The minimum atomic E-state index is -3.76. The number of halogens is 1. The third kappa shape index (κ3) is 3.76. The van der Waals surface area contributed by atoms with E-state index < -0.39 is 10.0 Å². The molecule has 0 fully saturated rings. The summed E-state index contributed by atoms with van der Waals surface area (Å²) in [6.45, 7) is 1.37. The van der Waals surface area contributed by atoms with Crippen LogP contribution in [0, 0.1) is 6.92 Å². The van der Waals surface area contributed by atoms with Crippen molar-refractivity contribution in [2.24, 2.45) is 0 Å². The van der Waals surface area contributed by atoms with Gasteiger partial charge in [0.25, 0.3) is 0 Å². The summed E-state index contributed by atoms with van der Waals surface area (Å²) in [7, 11) is -3.76. The molecule has 0 atom stereocenters. The Kier molecular flexibility index (Phi) is 4.89. The molecule has 2 rings (SSSR count). The van der Waals surface area contributed by atoms with Crippen LogP contribution in [0.2, 0.25) is 5.02 Å². The second-order valence-corrected chi connectivity index (χ2v) is 6.56. The van der Waals surface area contributed by atoms with Gasteiger partial charge in [0.1, 0.15) is 0 Å². The van der Waals surface area contributed by atoms with Crippen LogP contribution in [0.25, 0.3) is 0 Å². The van der Waals surface area contributed by atoms with Gasteiger partial charge in [-0.2, -0.15) is 10.2 Å². The van der Waals surface area contributed by atoms with Gasteiger partial charge in [0.2, 0.25) is 10.0 Å². The maximum Gasteiger partial charge on any atom is 0.241 e. The molecule has 0 radical (unpaired) electrons. The van der Waals surface area contributed by atoms with Crippen LogP contribution in [0.5, 0.6) is 0 Å². The number of hydrogen-bond acceptors (Lipinski definition) is 5. The van der Waals surface area contributed by atoms with Crippen molar-refractivity contribution in [1.82, 2.24) is 14.9 Å². The molecule has 0 saturated carbocycles. The standard InChI is InChI=1S/C13H14ClN3O3S/c1-9-10(8-18)5-11(14)6-13(9)21(19,20)16-7-12-3-2-4-15-17-12/h2-6,16,18H,7-8H2,1H3. The molecule has 1 aromatic heterocycles. The maximum atomic E-state index is 12.3. The van der Waals surface area contributed by atoms with Gasteiger partial charge in [-0.1, -0.05) is 11.6 Å². The van der Waals surface area contributed by atoms with E-state index in [-0.39, 0.29) is 23.1 Å². The molecule has 0 aliphatic rings. The molecular formula is C13H14ClN3O3S. The van der Waals surface area contributed by atoms with E-state index in [0.717, 1.165) is 0 Å². The molecular weight excluding hydrogens is 314 g/mol. The van der Waals surface area contributed by atoms with Crippen molar-refractivity contribution < 1.29 is 13.5 Å². The van der Waals surface area contributed by atoms with E-state index in [1.54, 1.807) is 25.1 Å². The van der Waals surface area contributed by atoms with Crippen molar-refractivity contribution in [2.45, 2.75) is 25.0 Å². The smallest absolute Gasteiger partial charge is 0.241 e. The topological polar surface area (TPSA) is 92.2 Å². The highest BCUT2D eigenvalue weighted by Crippen LogP contribution is 2.24. The van der Waals surface area contributed by atoms with Gasteiger partial charge < -0.3 is 5.11 Å². The third-order valence-corrected chi connectivity index (χ3v) is 4.71. The van der Waals surface area contributed by atoms with E-state index in [1.165, 1.54) is 12.3 Å². The van der Waals surface area contributed by atoms with Crippen molar-refractivity contribution in [3.8, 4) is 0 Å². The van der Waals surface area contributed by atoms with Gasteiger partial charge in [0.15, 0.2) is 0 Å². The molecule has 0 aliphatic carbocycles. The van der Waals surface area contributed by atoms with Gasteiger partial charge in [0, 0.05) is 11.2 Å². The highest BCUT2D eigenvalue weighted by molar-refractivity contribution is 7.89. The molecule has 0 unspecified atom stereocenters. The first-order valence-corrected chi connectivity index (χ1v) is 7.96. The minimum Gasteiger partial charge on any atom is -0.392 e.